The van der Waals surface area contributed by atoms with Gasteiger partial charge in [-0.3, -0.25) is 9.69 Å². The van der Waals surface area contributed by atoms with Crippen molar-refractivity contribution in [2.75, 3.05) is 18.4 Å². The maximum atomic E-state index is 12.7. The van der Waals surface area contributed by atoms with Crippen LogP contribution in [0.2, 0.25) is 0 Å². The molecule has 0 fully saturated rings. The Morgan fingerprint density at radius 2 is 1.76 bits per heavy atom. The Hall–Kier alpha value is -2.39. The number of nitrogens with one attached hydrogen (secondary N) is 1. The van der Waals surface area contributed by atoms with E-state index in [2.05, 4.69) is 41.9 Å². The summed E-state index contributed by atoms with van der Waals surface area (Å²) in [4.78, 5) is 14.8. The number of amides is 1. The summed E-state index contributed by atoms with van der Waals surface area (Å²) >= 11 is 0. The Kier molecular flexibility index (Phi) is 6.96. The molecule has 0 aliphatic heterocycles. The van der Waals surface area contributed by atoms with Crippen LogP contribution in [-0.2, 0) is 11.2 Å². The fraction of sp³-hybridized carbons (Fsp3) is 0.318. The Morgan fingerprint density at radius 3 is 2.40 bits per heavy atom. The number of para-hydroxylation sites is 1. The van der Waals surface area contributed by atoms with Gasteiger partial charge >= 0.3 is 0 Å². The van der Waals surface area contributed by atoms with E-state index < -0.39 is 0 Å². The van der Waals surface area contributed by atoms with Crippen LogP contribution in [0.3, 0.4) is 0 Å². The first-order chi connectivity index (χ1) is 12.0. The van der Waals surface area contributed by atoms with Gasteiger partial charge in [0.2, 0.25) is 5.91 Å². The molecule has 0 aliphatic carbocycles. The second-order valence-corrected chi connectivity index (χ2v) is 6.50. The minimum Gasteiger partial charge on any atom is -0.324 e. The van der Waals surface area contributed by atoms with Gasteiger partial charge in [0.15, 0.2) is 0 Å². The second kappa shape index (κ2) is 9.19. The van der Waals surface area contributed by atoms with Crippen molar-refractivity contribution in [3.05, 3.63) is 77.9 Å². The monoisotopic (exact) mass is 336 g/mol. The first-order valence-electron chi connectivity index (χ1n) is 8.82. The van der Waals surface area contributed by atoms with Crippen molar-refractivity contribution in [2.45, 2.75) is 33.2 Å². The highest BCUT2D eigenvalue weighted by atomic mass is 16.2. The molecule has 1 atom stereocenters. The van der Waals surface area contributed by atoms with Gasteiger partial charge in [-0.2, -0.15) is 0 Å². The highest BCUT2D eigenvalue weighted by Gasteiger charge is 2.20. The van der Waals surface area contributed by atoms with Crippen LogP contribution >= 0.6 is 0 Å². The summed E-state index contributed by atoms with van der Waals surface area (Å²) in [5.74, 6) is 0.0172. The van der Waals surface area contributed by atoms with Crippen molar-refractivity contribution in [2.24, 2.45) is 0 Å². The van der Waals surface area contributed by atoms with Gasteiger partial charge in [-0.25, -0.2) is 0 Å². The van der Waals surface area contributed by atoms with Crippen LogP contribution in [0.4, 0.5) is 5.69 Å². The molecule has 0 bridgehead atoms. The quantitative estimate of drug-likeness (QED) is 0.720. The van der Waals surface area contributed by atoms with Crippen molar-refractivity contribution in [1.29, 1.82) is 0 Å². The predicted molar refractivity (Wildman–Crippen MR) is 106 cm³/mol. The number of carbonyl (C=O) groups excluding carboxylic acids is 1. The molecule has 0 heterocycles. The predicted octanol–water partition coefficient (Wildman–Crippen LogP) is 4.50. The summed E-state index contributed by atoms with van der Waals surface area (Å²) in [6.45, 7) is 11.5. The lowest BCUT2D eigenvalue weighted by Crippen LogP contribution is -2.42. The lowest BCUT2D eigenvalue weighted by atomic mass is 10.0. The summed E-state index contributed by atoms with van der Waals surface area (Å²) < 4.78 is 0. The molecule has 132 valence electrons. The van der Waals surface area contributed by atoms with Gasteiger partial charge in [-0.1, -0.05) is 67.6 Å². The van der Waals surface area contributed by atoms with E-state index in [1.807, 2.05) is 50.2 Å². The van der Waals surface area contributed by atoms with E-state index >= 15 is 0 Å². The fourth-order valence-electron chi connectivity index (χ4n) is 2.88. The van der Waals surface area contributed by atoms with Crippen LogP contribution in [-0.4, -0.2) is 29.9 Å². The molecule has 25 heavy (non-hydrogen) atoms. The lowest BCUT2D eigenvalue weighted by Gasteiger charge is -2.27. The molecule has 0 aliphatic rings. The summed E-state index contributed by atoms with van der Waals surface area (Å²) in [6, 6.07) is 18.1. The molecular weight excluding hydrogens is 308 g/mol. The molecule has 2 aromatic carbocycles. The third kappa shape index (κ3) is 5.57. The Bertz CT molecular complexity index is 709. The Balaban J connectivity index is 2.11. The van der Waals surface area contributed by atoms with E-state index in [1.165, 1.54) is 5.56 Å². The number of carbonyl (C=O) groups is 1. The van der Waals surface area contributed by atoms with Gasteiger partial charge in [-0.05, 0) is 44.0 Å². The van der Waals surface area contributed by atoms with Crippen molar-refractivity contribution in [3.8, 4) is 0 Å². The van der Waals surface area contributed by atoms with Crippen molar-refractivity contribution >= 4 is 11.6 Å². The number of rotatable bonds is 8. The maximum Gasteiger partial charge on any atom is 0.241 e. The summed E-state index contributed by atoms with van der Waals surface area (Å²) in [5, 5.41) is 3.11. The second-order valence-electron chi connectivity index (χ2n) is 6.50. The molecule has 0 radical (unpaired) electrons. The molecular formula is C22H28N2O. The normalized spacial score (nSPS) is 12.0. The third-order valence-corrected chi connectivity index (χ3v) is 4.32. The van der Waals surface area contributed by atoms with Gasteiger partial charge in [0, 0.05) is 12.2 Å². The van der Waals surface area contributed by atoms with Gasteiger partial charge < -0.3 is 5.32 Å². The molecule has 1 N–H and O–H groups in total. The highest BCUT2D eigenvalue weighted by molar-refractivity contribution is 5.95. The third-order valence-electron chi connectivity index (χ3n) is 4.32. The average Bonchev–Trinajstić information content (AvgIpc) is 2.61. The van der Waals surface area contributed by atoms with Crippen LogP contribution in [0.15, 0.2) is 66.7 Å². The molecule has 0 aromatic heterocycles. The van der Waals surface area contributed by atoms with E-state index in [4.69, 9.17) is 0 Å². The zero-order valence-corrected chi connectivity index (χ0v) is 15.5. The van der Waals surface area contributed by atoms with Gasteiger partial charge in [0.1, 0.15) is 0 Å². The molecule has 1 amide bonds. The summed E-state index contributed by atoms with van der Waals surface area (Å²) in [7, 11) is 0. The van der Waals surface area contributed by atoms with E-state index in [9.17, 15) is 4.79 Å². The van der Waals surface area contributed by atoms with Crippen LogP contribution in [0.25, 0.3) is 0 Å². The Labute approximate surface area is 151 Å². The van der Waals surface area contributed by atoms with Crippen molar-refractivity contribution in [3.63, 3.8) is 0 Å². The number of nitrogens with zero attached hydrogens (tertiary/aromatic N) is 1. The number of likely N-dealkylation sites (N-methyl/N-ethyl adjacent to an activating group) is 1. The van der Waals surface area contributed by atoms with Gasteiger partial charge in [0.25, 0.3) is 0 Å². The molecule has 0 saturated carbocycles. The van der Waals surface area contributed by atoms with Crippen LogP contribution < -0.4 is 5.32 Å². The summed E-state index contributed by atoms with van der Waals surface area (Å²) in [6.07, 6.45) is 0.801. The number of hydrogen-bond acceptors (Lipinski definition) is 2. The van der Waals surface area contributed by atoms with Crippen LogP contribution in [0.1, 0.15) is 31.9 Å². The molecule has 1 unspecified atom stereocenters. The molecule has 0 spiro atoms. The average molecular weight is 336 g/mol. The SMILES string of the molecule is C=C(C)CN(CC)C(C)C(=O)Nc1ccccc1Cc1ccccc1. The van der Waals surface area contributed by atoms with E-state index in [-0.39, 0.29) is 11.9 Å². The number of anilines is 1. The molecule has 0 saturated heterocycles. The molecule has 2 aromatic rings. The zero-order chi connectivity index (χ0) is 18.2. The molecule has 2 rings (SSSR count). The fourth-order valence-corrected chi connectivity index (χ4v) is 2.88. The first kappa shape index (κ1) is 18.9. The summed E-state index contributed by atoms with van der Waals surface area (Å²) in [5.41, 5.74) is 4.30. The first-order valence-corrected chi connectivity index (χ1v) is 8.82. The van der Waals surface area contributed by atoms with Gasteiger partial charge in [-0.15, -0.1) is 0 Å². The Morgan fingerprint density at radius 1 is 1.12 bits per heavy atom. The van der Waals surface area contributed by atoms with Crippen LogP contribution in [0.5, 0.6) is 0 Å². The minimum atomic E-state index is -0.202. The smallest absolute Gasteiger partial charge is 0.241 e. The molecule has 3 nitrogen and oxygen atoms in total. The van der Waals surface area contributed by atoms with E-state index in [0.717, 1.165) is 36.3 Å². The van der Waals surface area contributed by atoms with Crippen molar-refractivity contribution < 1.29 is 4.79 Å². The van der Waals surface area contributed by atoms with Gasteiger partial charge in [0.05, 0.1) is 6.04 Å². The maximum absolute atomic E-state index is 12.7. The number of benzene rings is 2. The standard InChI is InChI=1S/C22H28N2O/c1-5-24(16-17(2)3)18(4)22(25)23-21-14-10-9-13-20(21)15-19-11-7-6-8-12-19/h6-14,18H,2,5,15-16H2,1,3-4H3,(H,23,25). The van der Waals surface area contributed by atoms with E-state index in [1.54, 1.807) is 0 Å². The largest absolute Gasteiger partial charge is 0.324 e. The highest BCUT2D eigenvalue weighted by Crippen LogP contribution is 2.20. The minimum absolute atomic E-state index is 0.0172. The molecule has 3 heteroatoms. The van der Waals surface area contributed by atoms with E-state index in [0.29, 0.717) is 0 Å². The van der Waals surface area contributed by atoms with Crippen molar-refractivity contribution in [1.82, 2.24) is 4.90 Å². The topological polar surface area (TPSA) is 32.3 Å². The van der Waals surface area contributed by atoms with Crippen LogP contribution in [0, 0.1) is 0 Å². The zero-order valence-electron chi connectivity index (χ0n) is 15.5. The lowest BCUT2D eigenvalue weighted by molar-refractivity contribution is -0.120. The number of hydrogen-bond donors (Lipinski definition) is 1.